The summed E-state index contributed by atoms with van der Waals surface area (Å²) in [6, 6.07) is 0. The molecular formula is C10H17. The van der Waals surface area contributed by atoms with Crippen LogP contribution in [0.1, 0.15) is 32.6 Å². The van der Waals surface area contributed by atoms with Crippen molar-refractivity contribution in [2.24, 2.45) is 0 Å². The number of hydrogen-bond donors (Lipinski definition) is 0. The van der Waals surface area contributed by atoms with Crippen LogP contribution in [0.2, 0.25) is 0 Å². The van der Waals surface area contributed by atoms with Crippen molar-refractivity contribution >= 4 is 0 Å². The van der Waals surface area contributed by atoms with Gasteiger partial charge in [-0.25, -0.2) is 0 Å². The first kappa shape index (κ1) is 9.48. The van der Waals surface area contributed by atoms with Gasteiger partial charge in [-0.1, -0.05) is 25.2 Å². The normalized spacial score (nSPS) is 10.5. The van der Waals surface area contributed by atoms with E-state index < -0.39 is 0 Å². The Kier molecular flexibility index (Phi) is 8.04. The molecule has 0 aromatic rings. The Balaban J connectivity index is 2.89. The molecule has 57 valence electrons. The topological polar surface area (TPSA) is 0 Å². The van der Waals surface area contributed by atoms with Gasteiger partial charge in [-0.2, -0.15) is 0 Å². The van der Waals surface area contributed by atoms with Crippen molar-refractivity contribution in [2.45, 2.75) is 32.6 Å². The van der Waals surface area contributed by atoms with Crippen LogP contribution in [0.15, 0.2) is 24.8 Å². The van der Waals surface area contributed by atoms with E-state index in [4.69, 9.17) is 0 Å². The van der Waals surface area contributed by atoms with Gasteiger partial charge in [0.25, 0.3) is 0 Å². The largest absolute Gasteiger partial charge is 0.103 e. The molecule has 1 radical (unpaired) electrons. The molecule has 0 aliphatic carbocycles. The highest BCUT2D eigenvalue weighted by atomic mass is 13.9. The first-order valence-corrected chi connectivity index (χ1v) is 3.99. The van der Waals surface area contributed by atoms with Crippen LogP contribution < -0.4 is 0 Å². The molecule has 0 atom stereocenters. The minimum absolute atomic E-state index is 1.11. The average Bonchev–Trinajstić information content (AvgIpc) is 1.97. The van der Waals surface area contributed by atoms with Crippen molar-refractivity contribution in [1.82, 2.24) is 0 Å². The molecule has 0 aromatic heterocycles. The summed E-state index contributed by atoms with van der Waals surface area (Å²) < 4.78 is 0. The molecule has 0 N–H and O–H groups in total. The molecule has 0 saturated carbocycles. The van der Waals surface area contributed by atoms with Crippen LogP contribution in [0.5, 0.6) is 0 Å². The highest BCUT2D eigenvalue weighted by molar-refractivity contribution is 4.86. The van der Waals surface area contributed by atoms with E-state index in [0.717, 1.165) is 25.7 Å². The van der Waals surface area contributed by atoms with Gasteiger partial charge >= 0.3 is 0 Å². The Morgan fingerprint density at radius 2 is 2.00 bits per heavy atom. The molecule has 0 rings (SSSR count). The highest BCUT2D eigenvalue weighted by Gasteiger charge is 1.81. The average molecular weight is 137 g/mol. The molecule has 0 spiro atoms. The summed E-state index contributed by atoms with van der Waals surface area (Å²) in [6.45, 7) is 5.81. The van der Waals surface area contributed by atoms with Crippen LogP contribution in [-0.4, -0.2) is 0 Å². The molecule has 0 heterocycles. The summed E-state index contributed by atoms with van der Waals surface area (Å²) in [5.74, 6) is 0. The van der Waals surface area contributed by atoms with Gasteiger partial charge < -0.3 is 0 Å². The van der Waals surface area contributed by atoms with Crippen molar-refractivity contribution in [3.05, 3.63) is 31.2 Å². The first-order chi connectivity index (χ1) is 4.91. The van der Waals surface area contributed by atoms with Crippen molar-refractivity contribution < 1.29 is 0 Å². The van der Waals surface area contributed by atoms with Gasteiger partial charge in [-0.15, -0.1) is 6.58 Å². The first-order valence-electron chi connectivity index (χ1n) is 3.99. The van der Waals surface area contributed by atoms with E-state index >= 15 is 0 Å². The fourth-order valence-corrected chi connectivity index (χ4v) is 0.713. The van der Waals surface area contributed by atoms with Gasteiger partial charge in [-0.05, 0) is 32.1 Å². The molecule has 0 saturated heterocycles. The minimum atomic E-state index is 1.11. The van der Waals surface area contributed by atoms with Crippen LogP contribution in [0.3, 0.4) is 0 Å². The van der Waals surface area contributed by atoms with E-state index in [2.05, 4.69) is 32.1 Å². The third-order valence-electron chi connectivity index (χ3n) is 1.28. The molecule has 0 unspecified atom stereocenters. The minimum Gasteiger partial charge on any atom is -0.103 e. The van der Waals surface area contributed by atoms with Gasteiger partial charge in [-0.3, -0.25) is 0 Å². The highest BCUT2D eigenvalue weighted by Crippen LogP contribution is 1.99. The zero-order valence-electron chi connectivity index (χ0n) is 6.84. The number of hydrogen-bond acceptors (Lipinski definition) is 0. The summed E-state index contributed by atoms with van der Waals surface area (Å²) in [5.41, 5.74) is 0. The number of unbranched alkanes of at least 4 members (excludes halogenated alkanes) is 3. The van der Waals surface area contributed by atoms with Crippen LogP contribution in [0.4, 0.5) is 0 Å². The SMILES string of the molecule is C=CCC[CH]CC=CCC. The standard InChI is InChI=1S/C10H17/c1-3-5-7-9-10-8-6-4-2/h3,6,8-9H,1,4-5,7,10H2,2H3. The third kappa shape index (κ3) is 7.48. The summed E-state index contributed by atoms with van der Waals surface area (Å²) in [6.07, 6.45) is 13.2. The third-order valence-corrected chi connectivity index (χ3v) is 1.28. The molecule has 0 amide bonds. The van der Waals surface area contributed by atoms with E-state index in [1.807, 2.05) is 6.08 Å². The van der Waals surface area contributed by atoms with E-state index in [0.29, 0.717) is 0 Å². The van der Waals surface area contributed by atoms with Crippen LogP contribution in [0.25, 0.3) is 0 Å². The number of rotatable bonds is 6. The maximum absolute atomic E-state index is 3.66. The lowest BCUT2D eigenvalue weighted by Gasteiger charge is -1.90. The quantitative estimate of drug-likeness (QED) is 0.388. The Bertz CT molecular complexity index is 90.2. The molecule has 0 aromatic carbocycles. The lowest BCUT2D eigenvalue weighted by molar-refractivity contribution is 0.933. The second kappa shape index (κ2) is 8.48. The van der Waals surface area contributed by atoms with Gasteiger partial charge in [0.15, 0.2) is 0 Å². The molecule has 10 heavy (non-hydrogen) atoms. The molecule has 0 nitrogen and oxygen atoms in total. The van der Waals surface area contributed by atoms with Gasteiger partial charge in [0.05, 0.1) is 0 Å². The Morgan fingerprint density at radius 1 is 1.20 bits per heavy atom. The predicted octanol–water partition coefficient (Wildman–Crippen LogP) is 3.51. The Hall–Kier alpha value is -0.520. The van der Waals surface area contributed by atoms with Crippen molar-refractivity contribution in [1.29, 1.82) is 0 Å². The summed E-state index contributed by atoms with van der Waals surface area (Å²) >= 11 is 0. The summed E-state index contributed by atoms with van der Waals surface area (Å²) in [5, 5.41) is 0. The molecule has 0 aliphatic rings. The van der Waals surface area contributed by atoms with Crippen molar-refractivity contribution in [3.63, 3.8) is 0 Å². The van der Waals surface area contributed by atoms with Gasteiger partial charge in [0.1, 0.15) is 0 Å². The van der Waals surface area contributed by atoms with Crippen molar-refractivity contribution in [3.8, 4) is 0 Å². The van der Waals surface area contributed by atoms with E-state index in [9.17, 15) is 0 Å². The second-order valence-electron chi connectivity index (χ2n) is 2.27. The zero-order chi connectivity index (χ0) is 7.66. The van der Waals surface area contributed by atoms with Crippen LogP contribution in [0, 0.1) is 6.42 Å². The fraction of sp³-hybridized carbons (Fsp3) is 0.500. The van der Waals surface area contributed by atoms with Gasteiger partial charge in [0, 0.05) is 0 Å². The van der Waals surface area contributed by atoms with Crippen LogP contribution >= 0.6 is 0 Å². The molecule has 0 fully saturated rings. The molecule has 0 bridgehead atoms. The van der Waals surface area contributed by atoms with Gasteiger partial charge in [0.2, 0.25) is 0 Å². The molecular weight excluding hydrogens is 120 g/mol. The monoisotopic (exact) mass is 137 g/mol. The summed E-state index contributed by atoms with van der Waals surface area (Å²) in [4.78, 5) is 0. The van der Waals surface area contributed by atoms with E-state index in [-0.39, 0.29) is 0 Å². The Morgan fingerprint density at radius 3 is 2.60 bits per heavy atom. The molecule has 0 aliphatic heterocycles. The maximum Gasteiger partial charge on any atom is -0.0319 e. The summed E-state index contributed by atoms with van der Waals surface area (Å²) in [7, 11) is 0. The van der Waals surface area contributed by atoms with E-state index in [1.54, 1.807) is 0 Å². The second-order valence-corrected chi connectivity index (χ2v) is 2.27. The Labute approximate surface area is 64.6 Å². The van der Waals surface area contributed by atoms with Crippen molar-refractivity contribution in [2.75, 3.05) is 0 Å². The zero-order valence-corrected chi connectivity index (χ0v) is 6.84. The lowest BCUT2D eigenvalue weighted by atomic mass is 10.2. The number of allylic oxidation sites excluding steroid dienone is 3. The predicted molar refractivity (Wildman–Crippen MR) is 47.8 cm³/mol. The molecule has 0 heteroatoms. The lowest BCUT2D eigenvalue weighted by Crippen LogP contribution is -1.72. The van der Waals surface area contributed by atoms with E-state index in [1.165, 1.54) is 0 Å². The fourth-order valence-electron chi connectivity index (χ4n) is 0.713. The maximum atomic E-state index is 3.66. The van der Waals surface area contributed by atoms with Crippen LogP contribution in [-0.2, 0) is 0 Å². The smallest absolute Gasteiger partial charge is 0.0319 e.